The first kappa shape index (κ1) is 17.4. The Morgan fingerprint density at radius 3 is 2.59 bits per heavy atom. The summed E-state index contributed by atoms with van der Waals surface area (Å²) in [5.41, 5.74) is 1.74. The lowest BCUT2D eigenvalue weighted by Gasteiger charge is -2.34. The number of fused-ring (bicyclic) bond motifs is 1. The van der Waals surface area contributed by atoms with Crippen LogP contribution in [0.3, 0.4) is 0 Å². The van der Waals surface area contributed by atoms with Crippen LogP contribution in [0.1, 0.15) is 5.56 Å². The molecule has 3 heterocycles. The number of pyridine rings is 1. The summed E-state index contributed by atoms with van der Waals surface area (Å²) in [7, 11) is 0. The lowest BCUT2D eigenvalue weighted by molar-refractivity contribution is -0.133. The molecule has 0 spiro atoms. The zero-order valence-electron chi connectivity index (χ0n) is 15.0. The fourth-order valence-corrected chi connectivity index (χ4v) is 3.42. The minimum atomic E-state index is -0.127. The Kier molecular flexibility index (Phi) is 4.93. The van der Waals surface area contributed by atoms with Gasteiger partial charge in [-0.3, -0.25) is 24.2 Å². The summed E-state index contributed by atoms with van der Waals surface area (Å²) in [6.07, 6.45) is 4.93. The molecule has 3 aromatic rings. The van der Waals surface area contributed by atoms with Crippen molar-refractivity contribution in [1.29, 1.82) is 0 Å². The van der Waals surface area contributed by atoms with E-state index in [-0.39, 0.29) is 17.9 Å². The monoisotopic (exact) mass is 363 g/mol. The van der Waals surface area contributed by atoms with E-state index in [1.165, 1.54) is 11.8 Å². The maximum atomic E-state index is 12.7. The molecule has 1 amide bonds. The lowest BCUT2D eigenvalue weighted by Crippen LogP contribution is -2.49. The molecule has 1 aliphatic heterocycles. The van der Waals surface area contributed by atoms with E-state index >= 15 is 0 Å². The van der Waals surface area contributed by atoms with E-state index in [2.05, 4.69) is 21.0 Å². The van der Waals surface area contributed by atoms with Gasteiger partial charge in [0.25, 0.3) is 0 Å². The second kappa shape index (κ2) is 7.67. The van der Waals surface area contributed by atoms with Crippen molar-refractivity contribution >= 4 is 16.8 Å². The van der Waals surface area contributed by atoms with Gasteiger partial charge in [-0.05, 0) is 23.8 Å². The molecule has 1 fully saturated rings. The molecule has 0 N–H and O–H groups in total. The maximum absolute atomic E-state index is 12.7. The van der Waals surface area contributed by atoms with Crippen molar-refractivity contribution < 1.29 is 4.79 Å². The Balaban J connectivity index is 1.39. The number of carbonyl (C=O) groups excluding carboxylic acids is 1. The predicted molar refractivity (Wildman–Crippen MR) is 102 cm³/mol. The molecule has 0 aliphatic carbocycles. The highest BCUT2D eigenvalue weighted by molar-refractivity contribution is 5.81. The van der Waals surface area contributed by atoms with Gasteiger partial charge in [0.05, 0.1) is 11.7 Å². The number of amides is 1. The third-order valence-corrected chi connectivity index (χ3v) is 4.90. The van der Waals surface area contributed by atoms with Crippen LogP contribution >= 0.6 is 0 Å². The summed E-state index contributed by atoms with van der Waals surface area (Å²) in [6.45, 7) is 4.04. The van der Waals surface area contributed by atoms with E-state index in [0.29, 0.717) is 24.0 Å². The zero-order chi connectivity index (χ0) is 18.6. The number of benzene rings is 1. The van der Waals surface area contributed by atoms with E-state index in [1.807, 2.05) is 35.4 Å². The van der Waals surface area contributed by atoms with Crippen LogP contribution in [0.2, 0.25) is 0 Å². The SMILES string of the molecule is O=C(Cn1ncc(=O)c2ccccc21)N1CCN(Cc2cccnc2)CC1. The first-order chi connectivity index (χ1) is 13.2. The first-order valence-electron chi connectivity index (χ1n) is 9.04. The molecule has 1 saturated heterocycles. The summed E-state index contributed by atoms with van der Waals surface area (Å²) in [4.78, 5) is 33.0. The maximum Gasteiger partial charge on any atom is 0.244 e. The molecule has 7 heteroatoms. The molecule has 138 valence electrons. The summed E-state index contributed by atoms with van der Waals surface area (Å²) < 4.78 is 1.61. The van der Waals surface area contributed by atoms with Gasteiger partial charge in [0.1, 0.15) is 6.54 Å². The number of hydrogen-bond donors (Lipinski definition) is 0. The standard InChI is InChI=1S/C20H21N5O2/c26-19-13-22-25(18-6-2-1-5-17(18)19)15-20(27)24-10-8-23(9-11-24)14-16-4-3-7-21-12-16/h1-7,12-13H,8-11,14-15H2. The van der Waals surface area contributed by atoms with Gasteiger partial charge in [0, 0.05) is 50.5 Å². The third kappa shape index (κ3) is 3.88. The van der Waals surface area contributed by atoms with Gasteiger partial charge in [-0.1, -0.05) is 18.2 Å². The number of piperazine rings is 1. The molecular formula is C20H21N5O2. The number of nitrogens with zero attached hydrogens (tertiary/aromatic N) is 5. The van der Waals surface area contributed by atoms with Crippen LogP contribution in [-0.4, -0.2) is 56.7 Å². The number of rotatable bonds is 4. The first-order valence-corrected chi connectivity index (χ1v) is 9.04. The molecule has 0 bridgehead atoms. The Labute approximate surface area is 156 Å². The highest BCUT2D eigenvalue weighted by Gasteiger charge is 2.22. The highest BCUT2D eigenvalue weighted by atomic mass is 16.2. The van der Waals surface area contributed by atoms with Gasteiger partial charge in [0.2, 0.25) is 11.3 Å². The smallest absolute Gasteiger partial charge is 0.244 e. The molecule has 0 unspecified atom stereocenters. The van der Waals surface area contributed by atoms with Gasteiger partial charge < -0.3 is 4.90 Å². The molecule has 0 saturated carbocycles. The molecule has 4 rings (SSSR count). The van der Waals surface area contributed by atoms with Crippen LogP contribution in [0.25, 0.3) is 10.9 Å². The second-order valence-electron chi connectivity index (χ2n) is 6.70. The number of aromatic nitrogens is 3. The van der Waals surface area contributed by atoms with Crippen LogP contribution in [0.15, 0.2) is 59.8 Å². The predicted octanol–water partition coefficient (Wildman–Crippen LogP) is 1.14. The fraction of sp³-hybridized carbons (Fsp3) is 0.300. The van der Waals surface area contributed by atoms with E-state index in [1.54, 1.807) is 16.9 Å². The van der Waals surface area contributed by atoms with E-state index in [0.717, 1.165) is 19.6 Å². The molecule has 0 atom stereocenters. The number of hydrogen-bond acceptors (Lipinski definition) is 5. The van der Waals surface area contributed by atoms with Crippen molar-refractivity contribution in [1.82, 2.24) is 24.6 Å². The van der Waals surface area contributed by atoms with Gasteiger partial charge in [-0.15, -0.1) is 0 Å². The number of para-hydroxylation sites is 1. The minimum absolute atomic E-state index is 0.0253. The molecular weight excluding hydrogens is 342 g/mol. The molecule has 27 heavy (non-hydrogen) atoms. The Bertz CT molecular complexity index is 994. The minimum Gasteiger partial charge on any atom is -0.339 e. The zero-order valence-corrected chi connectivity index (χ0v) is 15.0. The highest BCUT2D eigenvalue weighted by Crippen LogP contribution is 2.11. The van der Waals surface area contributed by atoms with Crippen LogP contribution in [0, 0.1) is 0 Å². The Hall–Kier alpha value is -3.06. The Morgan fingerprint density at radius 2 is 1.81 bits per heavy atom. The summed E-state index contributed by atoms with van der Waals surface area (Å²) in [5, 5.41) is 4.74. The van der Waals surface area contributed by atoms with Crippen molar-refractivity contribution in [2.45, 2.75) is 13.1 Å². The van der Waals surface area contributed by atoms with Crippen molar-refractivity contribution in [2.75, 3.05) is 26.2 Å². The van der Waals surface area contributed by atoms with Crippen molar-refractivity contribution in [2.24, 2.45) is 0 Å². The van der Waals surface area contributed by atoms with Crippen molar-refractivity contribution in [3.05, 3.63) is 70.8 Å². The van der Waals surface area contributed by atoms with Gasteiger partial charge in [-0.2, -0.15) is 5.10 Å². The number of carbonyl (C=O) groups is 1. The lowest BCUT2D eigenvalue weighted by atomic mass is 10.2. The molecule has 1 aliphatic rings. The average Bonchev–Trinajstić information content (AvgIpc) is 2.71. The molecule has 2 aromatic heterocycles. The third-order valence-electron chi connectivity index (χ3n) is 4.90. The Morgan fingerprint density at radius 1 is 1.00 bits per heavy atom. The fourth-order valence-electron chi connectivity index (χ4n) is 3.42. The molecule has 1 aromatic carbocycles. The summed E-state index contributed by atoms with van der Waals surface area (Å²) >= 11 is 0. The van der Waals surface area contributed by atoms with E-state index < -0.39 is 0 Å². The van der Waals surface area contributed by atoms with Crippen LogP contribution in [-0.2, 0) is 17.9 Å². The molecule has 0 radical (unpaired) electrons. The largest absolute Gasteiger partial charge is 0.339 e. The van der Waals surface area contributed by atoms with Crippen molar-refractivity contribution in [3.63, 3.8) is 0 Å². The van der Waals surface area contributed by atoms with Gasteiger partial charge in [-0.25, -0.2) is 0 Å². The topological polar surface area (TPSA) is 71.3 Å². The quantitative estimate of drug-likeness (QED) is 0.695. The van der Waals surface area contributed by atoms with Crippen LogP contribution < -0.4 is 5.43 Å². The van der Waals surface area contributed by atoms with Crippen LogP contribution in [0.4, 0.5) is 0 Å². The van der Waals surface area contributed by atoms with E-state index in [4.69, 9.17) is 0 Å². The van der Waals surface area contributed by atoms with Crippen LogP contribution in [0.5, 0.6) is 0 Å². The average molecular weight is 363 g/mol. The van der Waals surface area contributed by atoms with E-state index in [9.17, 15) is 9.59 Å². The molecule has 7 nitrogen and oxygen atoms in total. The normalized spacial score (nSPS) is 15.2. The van der Waals surface area contributed by atoms with Crippen molar-refractivity contribution in [3.8, 4) is 0 Å². The van der Waals surface area contributed by atoms with Gasteiger partial charge in [0.15, 0.2) is 0 Å². The second-order valence-corrected chi connectivity index (χ2v) is 6.70. The van der Waals surface area contributed by atoms with Gasteiger partial charge >= 0.3 is 0 Å². The summed E-state index contributed by atoms with van der Waals surface area (Å²) in [6, 6.07) is 11.3. The summed E-state index contributed by atoms with van der Waals surface area (Å²) in [5.74, 6) is 0.0253.